The molecule has 0 fully saturated rings. The summed E-state index contributed by atoms with van der Waals surface area (Å²) in [5, 5.41) is 11.3. The lowest BCUT2D eigenvalue weighted by atomic mass is 10.1. The van der Waals surface area contributed by atoms with Gasteiger partial charge in [-0.25, -0.2) is 9.97 Å². The van der Waals surface area contributed by atoms with E-state index in [4.69, 9.17) is 29.9 Å². The van der Waals surface area contributed by atoms with E-state index in [1.807, 2.05) is 0 Å². The van der Waals surface area contributed by atoms with Crippen molar-refractivity contribution in [2.24, 2.45) is 0 Å². The van der Waals surface area contributed by atoms with Crippen molar-refractivity contribution < 1.29 is 0 Å². The maximum Gasteiger partial charge on any atom is 0.238 e. The highest BCUT2D eigenvalue weighted by atomic mass is 32.1. The Hall–Kier alpha value is -11.7. The van der Waals surface area contributed by atoms with Crippen molar-refractivity contribution in [3.8, 4) is 63.1 Å². The standard InChI is InChI=1S/C80H48N10S2/c1-3-17-52(18-4-1)87-40-39-47-41-48(31-35-64(47)87)75-81-76(49-32-36-68-59(42-49)54-21-7-12-26-65(54)88(68)53-19-5-2-6-20-53)84-79(83-75)89-66-27-13-8-22-55(66)60-45-61-56-23-9-14-28-67(56)90(70(61)46-69(60)89)80-85-77(50-33-37-73-62(43-50)57-24-10-15-29-71(57)91-73)82-78(86-80)51-34-38-74-63(44-51)58-25-11-16-30-72(58)92-74/h1-38,41-46H,39-40H2. The van der Waals surface area contributed by atoms with E-state index in [9.17, 15) is 0 Å². The van der Waals surface area contributed by atoms with Crippen molar-refractivity contribution in [3.63, 3.8) is 0 Å². The molecule has 0 N–H and O–H groups in total. The normalized spacial score (nSPS) is 12.7. The van der Waals surface area contributed by atoms with E-state index >= 15 is 0 Å². The Morgan fingerprint density at radius 2 is 0.652 bits per heavy atom. The van der Waals surface area contributed by atoms with Crippen LogP contribution in [0.15, 0.2) is 267 Å². The minimum atomic E-state index is 0.508. The monoisotopic (exact) mass is 1210 g/mol. The zero-order chi connectivity index (χ0) is 60.1. The summed E-state index contributed by atoms with van der Waals surface area (Å²) in [4.78, 5) is 35.6. The summed E-state index contributed by atoms with van der Waals surface area (Å²) in [7, 11) is 0. The summed E-state index contributed by atoms with van der Waals surface area (Å²) in [5.41, 5.74) is 14.4. The first-order valence-electron chi connectivity index (χ1n) is 30.9. The Kier molecular flexibility index (Phi) is 11.1. The summed E-state index contributed by atoms with van der Waals surface area (Å²) < 4.78 is 11.7. The Bertz CT molecular complexity index is 6160. The van der Waals surface area contributed by atoms with Gasteiger partial charge in [0.25, 0.3) is 0 Å². The van der Waals surface area contributed by atoms with Crippen molar-refractivity contribution >= 4 is 140 Å². The number of thiophene rings is 2. The van der Waals surface area contributed by atoms with Crippen LogP contribution in [0.5, 0.6) is 0 Å². The van der Waals surface area contributed by atoms with Crippen LogP contribution in [0.4, 0.5) is 11.4 Å². The largest absolute Gasteiger partial charge is 0.341 e. The second kappa shape index (κ2) is 19.9. The van der Waals surface area contributed by atoms with Gasteiger partial charge in [-0.3, -0.25) is 9.13 Å². The van der Waals surface area contributed by atoms with Crippen LogP contribution < -0.4 is 4.90 Å². The third-order valence-electron chi connectivity index (χ3n) is 18.6. The first-order valence-corrected chi connectivity index (χ1v) is 32.6. The molecule has 0 bridgehead atoms. The number of para-hydroxylation sites is 5. The first kappa shape index (κ1) is 51.2. The predicted octanol–water partition coefficient (Wildman–Crippen LogP) is 20.4. The lowest BCUT2D eigenvalue weighted by Crippen LogP contribution is -2.12. The molecular formula is C80H48N10S2. The molecule has 0 amide bonds. The number of hydrogen-bond acceptors (Lipinski definition) is 9. The number of benzene rings is 12. The van der Waals surface area contributed by atoms with E-state index in [1.165, 1.54) is 57.3 Å². The molecule has 0 aliphatic carbocycles. The SMILES string of the molecule is c1ccc(N2CCc3cc(-c4nc(-c5ccc6c(c5)c5ccccc5n6-c5ccccc5)nc(-n5c6ccccc6c6cc7c8ccccc8n(-c8nc(-c9ccc%10sc%11ccccc%11c%10c9)nc(-c9ccc%10sc%11ccccc%11c%10c9)n8)c7cc65)n4)ccc32)cc1. The Morgan fingerprint density at radius 1 is 0.261 bits per heavy atom. The zero-order valence-corrected chi connectivity index (χ0v) is 50.7. The van der Waals surface area contributed by atoms with Crippen LogP contribution in [0.1, 0.15) is 5.56 Å². The summed E-state index contributed by atoms with van der Waals surface area (Å²) in [5.74, 6) is 3.36. The molecule has 0 saturated carbocycles. The molecule has 430 valence electrons. The van der Waals surface area contributed by atoms with Gasteiger partial charge in [0.05, 0.1) is 33.1 Å². The third-order valence-corrected chi connectivity index (χ3v) is 20.9. The van der Waals surface area contributed by atoms with Crippen LogP contribution in [0.3, 0.4) is 0 Å². The smallest absolute Gasteiger partial charge is 0.238 e. The summed E-state index contributed by atoms with van der Waals surface area (Å²) >= 11 is 3.61. The van der Waals surface area contributed by atoms with Crippen LogP contribution in [-0.2, 0) is 6.42 Å². The number of hydrogen-bond donors (Lipinski definition) is 0. The number of rotatable bonds is 8. The van der Waals surface area contributed by atoms with E-state index in [-0.39, 0.29) is 0 Å². The predicted molar refractivity (Wildman–Crippen MR) is 381 cm³/mol. The van der Waals surface area contributed by atoms with Gasteiger partial charge in [-0.2, -0.15) is 19.9 Å². The number of aromatic nitrogens is 9. The van der Waals surface area contributed by atoms with Crippen molar-refractivity contribution in [2.45, 2.75) is 6.42 Å². The molecule has 10 nitrogen and oxygen atoms in total. The average molecular weight is 1210 g/mol. The molecule has 0 saturated heterocycles. The highest BCUT2D eigenvalue weighted by Gasteiger charge is 2.26. The fraction of sp³-hybridized carbons (Fsp3) is 0.0250. The second-order valence-electron chi connectivity index (χ2n) is 23.8. The van der Waals surface area contributed by atoms with E-state index in [2.05, 4.69) is 286 Å². The fourth-order valence-electron chi connectivity index (χ4n) is 14.4. The maximum absolute atomic E-state index is 5.60. The zero-order valence-electron chi connectivity index (χ0n) is 49.1. The van der Waals surface area contributed by atoms with Gasteiger partial charge < -0.3 is 9.47 Å². The van der Waals surface area contributed by atoms with Gasteiger partial charge in [-0.15, -0.1) is 22.7 Å². The van der Waals surface area contributed by atoms with Crippen LogP contribution in [0, 0.1) is 0 Å². The molecule has 1 aliphatic rings. The van der Waals surface area contributed by atoms with Gasteiger partial charge in [0, 0.05) is 119 Å². The summed E-state index contributed by atoms with van der Waals surface area (Å²) in [6.07, 6.45) is 0.897. The van der Waals surface area contributed by atoms with Crippen molar-refractivity contribution in [2.75, 3.05) is 11.4 Å². The Morgan fingerprint density at radius 3 is 1.18 bits per heavy atom. The fourth-order valence-corrected chi connectivity index (χ4v) is 16.6. The van der Waals surface area contributed by atoms with Crippen molar-refractivity contribution in [3.05, 3.63) is 272 Å². The highest BCUT2D eigenvalue weighted by Crippen LogP contribution is 2.44. The van der Waals surface area contributed by atoms with E-state index < -0.39 is 0 Å². The van der Waals surface area contributed by atoms with Gasteiger partial charge in [-0.05, 0) is 152 Å². The average Bonchev–Trinajstić information content (AvgIpc) is 1.57. The quantitative estimate of drug-likeness (QED) is 0.150. The molecule has 1 aliphatic heterocycles. The molecule has 0 unspecified atom stereocenters. The van der Waals surface area contributed by atoms with Crippen LogP contribution in [0.2, 0.25) is 0 Å². The molecule has 0 radical (unpaired) electrons. The lowest BCUT2D eigenvalue weighted by Gasteiger charge is -2.19. The summed E-state index contributed by atoms with van der Waals surface area (Å²) in [6, 6.07) is 95.5. The van der Waals surface area contributed by atoms with Gasteiger partial charge >= 0.3 is 0 Å². The van der Waals surface area contributed by atoms with Gasteiger partial charge in [0.15, 0.2) is 23.3 Å². The van der Waals surface area contributed by atoms with Crippen LogP contribution in [0.25, 0.3) is 169 Å². The number of nitrogens with zero attached hydrogens (tertiary/aromatic N) is 10. The minimum absolute atomic E-state index is 0.508. The summed E-state index contributed by atoms with van der Waals surface area (Å²) in [6.45, 7) is 0.886. The van der Waals surface area contributed by atoms with Crippen LogP contribution >= 0.6 is 22.7 Å². The number of anilines is 2. The molecule has 0 spiro atoms. The molecule has 8 heterocycles. The van der Waals surface area contributed by atoms with E-state index in [1.54, 1.807) is 22.7 Å². The topological polar surface area (TPSA) is 95.4 Å². The Balaban J connectivity index is 0.825. The molecule has 12 heteroatoms. The van der Waals surface area contributed by atoms with Gasteiger partial charge in [-0.1, -0.05) is 127 Å². The van der Waals surface area contributed by atoms with Crippen LogP contribution in [-0.4, -0.2) is 50.1 Å². The van der Waals surface area contributed by atoms with E-state index in [0.29, 0.717) is 35.2 Å². The molecule has 7 aromatic heterocycles. The van der Waals surface area contributed by atoms with Gasteiger partial charge in [0.2, 0.25) is 11.9 Å². The maximum atomic E-state index is 5.60. The van der Waals surface area contributed by atoms with E-state index in [0.717, 1.165) is 106 Å². The van der Waals surface area contributed by atoms with Crippen molar-refractivity contribution in [1.29, 1.82) is 0 Å². The van der Waals surface area contributed by atoms with Gasteiger partial charge in [0.1, 0.15) is 0 Å². The molecule has 0 atom stereocenters. The minimum Gasteiger partial charge on any atom is -0.341 e. The third kappa shape index (κ3) is 7.84. The lowest BCUT2D eigenvalue weighted by molar-refractivity contribution is 0.949. The molecule has 20 rings (SSSR count). The highest BCUT2D eigenvalue weighted by molar-refractivity contribution is 7.26. The molecule has 92 heavy (non-hydrogen) atoms. The van der Waals surface area contributed by atoms with Crippen molar-refractivity contribution in [1.82, 2.24) is 43.6 Å². The molecular weight excluding hydrogens is 1170 g/mol. The number of fused-ring (bicyclic) bond motifs is 16. The molecule has 12 aromatic carbocycles. The Labute approximate surface area is 533 Å². The first-order chi connectivity index (χ1) is 45.6. The molecule has 19 aromatic rings. The second-order valence-corrected chi connectivity index (χ2v) is 25.9.